The van der Waals surface area contributed by atoms with E-state index in [2.05, 4.69) is 93.3 Å². The summed E-state index contributed by atoms with van der Waals surface area (Å²) in [5.41, 5.74) is 3.10. The lowest BCUT2D eigenvalue weighted by atomic mass is 9.99. The first-order chi connectivity index (χ1) is 12.3. The predicted molar refractivity (Wildman–Crippen MR) is 115 cm³/mol. The summed E-state index contributed by atoms with van der Waals surface area (Å²) in [7, 11) is -0.459. The number of allylic oxidation sites excluding steroid dienone is 3. The quantitative estimate of drug-likeness (QED) is 0.339. The van der Waals surface area contributed by atoms with E-state index < -0.39 is 7.92 Å². The van der Waals surface area contributed by atoms with E-state index in [-0.39, 0.29) is 0 Å². The molecule has 0 aliphatic heterocycles. The van der Waals surface area contributed by atoms with Gasteiger partial charge in [0, 0.05) is 0 Å². The second-order valence-electron chi connectivity index (χ2n) is 6.29. The normalized spacial score (nSPS) is 12.6. The Hall–Kier alpha value is -1.65. The highest BCUT2D eigenvalue weighted by molar-refractivity contribution is 7.75. The molecule has 2 aromatic rings. The van der Waals surface area contributed by atoms with Gasteiger partial charge in [-0.15, -0.1) is 0 Å². The molecule has 0 aliphatic rings. The number of benzene rings is 2. The summed E-state index contributed by atoms with van der Waals surface area (Å²) < 4.78 is 0. The molecule has 2 aromatic carbocycles. The molecule has 0 fully saturated rings. The lowest BCUT2D eigenvalue weighted by molar-refractivity contribution is 0.785. The highest BCUT2D eigenvalue weighted by Crippen LogP contribution is 2.39. The Bertz CT molecular complexity index is 628. The fraction of sp³-hybridized carbons (Fsp3) is 0.333. The zero-order chi connectivity index (χ0) is 17.9. The first-order valence-electron chi connectivity index (χ1n) is 9.59. The van der Waals surface area contributed by atoms with Crippen LogP contribution < -0.4 is 10.6 Å². The molecule has 0 nitrogen and oxygen atoms in total. The maximum Gasteiger partial charge on any atom is -0.0157 e. The number of rotatable bonds is 9. The average Bonchev–Trinajstić information content (AvgIpc) is 2.68. The van der Waals surface area contributed by atoms with Gasteiger partial charge in [0.05, 0.1) is 0 Å². The average molecular weight is 350 g/mol. The summed E-state index contributed by atoms with van der Waals surface area (Å²) in [4.78, 5) is 0. The van der Waals surface area contributed by atoms with Crippen LogP contribution >= 0.6 is 7.92 Å². The van der Waals surface area contributed by atoms with E-state index in [0.717, 1.165) is 12.8 Å². The summed E-state index contributed by atoms with van der Waals surface area (Å²) in [6.07, 6.45) is 8.35. The number of unbranched alkanes of at least 4 members (excludes halogenated alkanes) is 1. The van der Waals surface area contributed by atoms with Crippen LogP contribution in [0.25, 0.3) is 0 Å². The van der Waals surface area contributed by atoms with Crippen molar-refractivity contribution in [2.45, 2.75) is 52.9 Å². The predicted octanol–water partition coefficient (Wildman–Crippen LogP) is 6.94. The van der Waals surface area contributed by atoms with Gasteiger partial charge in [-0.3, -0.25) is 0 Å². The van der Waals surface area contributed by atoms with Crippen LogP contribution in [0.1, 0.15) is 52.9 Å². The second kappa shape index (κ2) is 11.1. The van der Waals surface area contributed by atoms with Gasteiger partial charge in [-0.1, -0.05) is 93.9 Å². The molecule has 0 N–H and O–H groups in total. The standard InChI is InChI=1S/C24H31P/c1-4-7-15-22(21(6-3)14-5-2)20-25(23-16-10-8-11-17-23)24-18-12-9-13-19-24/h8-14,16-20H,4-7,15H2,1-3H3/b21-14+,22-20+. The molecule has 1 heteroatoms. The third kappa shape index (κ3) is 5.98. The van der Waals surface area contributed by atoms with Gasteiger partial charge in [0.15, 0.2) is 0 Å². The lowest BCUT2D eigenvalue weighted by Crippen LogP contribution is -2.10. The van der Waals surface area contributed by atoms with Gasteiger partial charge < -0.3 is 0 Å². The third-order valence-electron chi connectivity index (χ3n) is 4.40. The van der Waals surface area contributed by atoms with Crippen molar-refractivity contribution in [3.8, 4) is 0 Å². The van der Waals surface area contributed by atoms with Gasteiger partial charge in [0.25, 0.3) is 0 Å². The van der Waals surface area contributed by atoms with Crippen LogP contribution in [0.15, 0.2) is 83.7 Å². The molecule has 0 aromatic heterocycles. The SMILES string of the molecule is CC/C=C(CC)/C(=C/P(c1ccccc1)c1ccccc1)CCCC. The van der Waals surface area contributed by atoms with Crippen LogP contribution in [0.2, 0.25) is 0 Å². The molecule has 0 aliphatic carbocycles. The van der Waals surface area contributed by atoms with Crippen LogP contribution in [0.3, 0.4) is 0 Å². The van der Waals surface area contributed by atoms with E-state index in [0.29, 0.717) is 0 Å². The largest absolute Gasteiger partial charge is 0.0813 e. The summed E-state index contributed by atoms with van der Waals surface area (Å²) >= 11 is 0. The molecule has 0 heterocycles. The third-order valence-corrected chi connectivity index (χ3v) is 6.68. The fourth-order valence-electron chi connectivity index (χ4n) is 3.06. The highest BCUT2D eigenvalue weighted by atomic mass is 31.1. The molecule has 0 amide bonds. The minimum Gasteiger partial charge on any atom is -0.0813 e. The van der Waals surface area contributed by atoms with Crippen LogP contribution in [0.5, 0.6) is 0 Å². The van der Waals surface area contributed by atoms with E-state index >= 15 is 0 Å². The van der Waals surface area contributed by atoms with Crippen LogP contribution in [-0.2, 0) is 0 Å². The number of hydrogen-bond donors (Lipinski definition) is 0. The van der Waals surface area contributed by atoms with Crippen LogP contribution in [-0.4, -0.2) is 0 Å². The molecule has 25 heavy (non-hydrogen) atoms. The first kappa shape index (κ1) is 19.7. The zero-order valence-corrected chi connectivity index (χ0v) is 16.8. The monoisotopic (exact) mass is 350 g/mol. The van der Waals surface area contributed by atoms with Gasteiger partial charge in [-0.2, -0.15) is 0 Å². The Morgan fingerprint density at radius 1 is 0.800 bits per heavy atom. The van der Waals surface area contributed by atoms with Crippen molar-refractivity contribution in [2.75, 3.05) is 0 Å². The molecule has 0 saturated heterocycles. The Morgan fingerprint density at radius 3 is 1.80 bits per heavy atom. The fourth-order valence-corrected chi connectivity index (χ4v) is 5.24. The molecular weight excluding hydrogens is 319 g/mol. The minimum absolute atomic E-state index is 0.459. The smallest absolute Gasteiger partial charge is 0.0157 e. The van der Waals surface area contributed by atoms with E-state index in [1.54, 1.807) is 5.57 Å². The van der Waals surface area contributed by atoms with E-state index in [1.165, 1.54) is 35.4 Å². The minimum atomic E-state index is -0.459. The highest BCUT2D eigenvalue weighted by Gasteiger charge is 2.13. The van der Waals surface area contributed by atoms with Gasteiger partial charge in [0.2, 0.25) is 0 Å². The van der Waals surface area contributed by atoms with Crippen molar-refractivity contribution in [1.82, 2.24) is 0 Å². The lowest BCUT2D eigenvalue weighted by Gasteiger charge is -2.19. The van der Waals surface area contributed by atoms with E-state index in [4.69, 9.17) is 0 Å². The first-order valence-corrected chi connectivity index (χ1v) is 11.0. The zero-order valence-electron chi connectivity index (χ0n) is 15.9. The molecule has 2 rings (SSSR count). The summed E-state index contributed by atoms with van der Waals surface area (Å²) in [5.74, 6) is 2.58. The molecular formula is C24H31P. The van der Waals surface area contributed by atoms with Crippen molar-refractivity contribution in [1.29, 1.82) is 0 Å². The molecule has 0 unspecified atom stereocenters. The van der Waals surface area contributed by atoms with Gasteiger partial charge >= 0.3 is 0 Å². The Morgan fingerprint density at radius 2 is 1.36 bits per heavy atom. The second-order valence-corrected chi connectivity index (χ2v) is 8.32. The van der Waals surface area contributed by atoms with E-state index in [1.807, 2.05) is 0 Å². The van der Waals surface area contributed by atoms with Gasteiger partial charge in [-0.25, -0.2) is 0 Å². The Kier molecular flexibility index (Phi) is 8.70. The number of hydrogen-bond acceptors (Lipinski definition) is 0. The maximum atomic E-state index is 2.58. The maximum absolute atomic E-state index is 2.58. The van der Waals surface area contributed by atoms with Crippen molar-refractivity contribution in [2.24, 2.45) is 0 Å². The van der Waals surface area contributed by atoms with E-state index in [9.17, 15) is 0 Å². The Labute approximate surface area is 155 Å². The van der Waals surface area contributed by atoms with Crippen LogP contribution in [0, 0.1) is 0 Å². The summed E-state index contributed by atoms with van der Waals surface area (Å²) in [6, 6.07) is 22.0. The summed E-state index contributed by atoms with van der Waals surface area (Å²) in [5, 5.41) is 2.87. The Balaban J connectivity index is 2.49. The molecule has 132 valence electrons. The van der Waals surface area contributed by atoms with Crippen molar-refractivity contribution in [3.63, 3.8) is 0 Å². The molecule has 0 spiro atoms. The van der Waals surface area contributed by atoms with Gasteiger partial charge in [0.1, 0.15) is 0 Å². The van der Waals surface area contributed by atoms with Crippen molar-refractivity contribution in [3.05, 3.63) is 83.7 Å². The molecule has 0 radical (unpaired) electrons. The van der Waals surface area contributed by atoms with Crippen molar-refractivity contribution < 1.29 is 0 Å². The van der Waals surface area contributed by atoms with Crippen LogP contribution in [0.4, 0.5) is 0 Å². The molecule has 0 saturated carbocycles. The van der Waals surface area contributed by atoms with Gasteiger partial charge in [-0.05, 0) is 61.2 Å². The molecule has 0 atom stereocenters. The molecule has 0 bridgehead atoms. The topological polar surface area (TPSA) is 0 Å². The van der Waals surface area contributed by atoms with Crippen molar-refractivity contribution >= 4 is 18.5 Å². The summed E-state index contributed by atoms with van der Waals surface area (Å²) in [6.45, 7) is 6.81.